The van der Waals surface area contributed by atoms with Crippen molar-refractivity contribution in [2.75, 3.05) is 0 Å². The van der Waals surface area contributed by atoms with Crippen molar-refractivity contribution in [3.8, 4) is 5.75 Å². The molecule has 0 aliphatic heterocycles. The summed E-state index contributed by atoms with van der Waals surface area (Å²) in [4.78, 5) is 19.5. The molecule has 4 aromatic rings. The molecule has 0 radical (unpaired) electrons. The van der Waals surface area contributed by atoms with E-state index in [1.165, 1.54) is 4.88 Å². The number of nitrogens with zero attached hydrogens (tertiary/aromatic N) is 1. The Balaban J connectivity index is 1.33. The zero-order valence-corrected chi connectivity index (χ0v) is 24.1. The summed E-state index contributed by atoms with van der Waals surface area (Å²) in [5.41, 5.74) is 4.02. The molecule has 202 valence electrons. The number of furan rings is 1. The highest BCUT2D eigenvalue weighted by atomic mass is 35.5. The van der Waals surface area contributed by atoms with Crippen molar-refractivity contribution in [3.63, 3.8) is 0 Å². The first-order valence-electron chi connectivity index (χ1n) is 13.2. The average Bonchev–Trinajstić information content (AvgIpc) is 3.57. The molecule has 5 rings (SSSR count). The molecule has 0 bridgehead atoms. The SMILES string of the molecule is CC(C)(C)[C@H]1CCc2c(sc(N=Cc3ccc(OCc4cccc(Cl)c4)cc3)c2C(=O)NCc2ccco2)C1. The molecule has 0 saturated heterocycles. The summed E-state index contributed by atoms with van der Waals surface area (Å²) in [6.45, 7) is 7.69. The average molecular weight is 561 g/mol. The number of carbonyl (C=O) groups is 1. The van der Waals surface area contributed by atoms with Crippen LogP contribution in [0.5, 0.6) is 5.75 Å². The fourth-order valence-corrected chi connectivity index (χ4v) is 6.36. The van der Waals surface area contributed by atoms with Gasteiger partial charge in [-0.2, -0.15) is 0 Å². The number of amides is 1. The van der Waals surface area contributed by atoms with E-state index in [0.717, 1.165) is 52.5 Å². The van der Waals surface area contributed by atoms with E-state index in [1.54, 1.807) is 17.6 Å². The minimum absolute atomic E-state index is 0.102. The van der Waals surface area contributed by atoms with Crippen LogP contribution in [0.2, 0.25) is 5.02 Å². The number of hydrogen-bond donors (Lipinski definition) is 1. The summed E-state index contributed by atoms with van der Waals surface area (Å²) in [5.74, 6) is 1.97. The maximum Gasteiger partial charge on any atom is 0.255 e. The lowest BCUT2D eigenvalue weighted by atomic mass is 9.72. The van der Waals surface area contributed by atoms with Crippen molar-refractivity contribution < 1.29 is 13.9 Å². The zero-order valence-electron chi connectivity index (χ0n) is 22.5. The van der Waals surface area contributed by atoms with Gasteiger partial charge in [0.1, 0.15) is 23.1 Å². The van der Waals surface area contributed by atoms with Crippen molar-refractivity contribution in [1.29, 1.82) is 0 Å². The van der Waals surface area contributed by atoms with Gasteiger partial charge < -0.3 is 14.5 Å². The van der Waals surface area contributed by atoms with Gasteiger partial charge in [0.2, 0.25) is 0 Å². The molecule has 1 atom stereocenters. The Morgan fingerprint density at radius 2 is 2.00 bits per heavy atom. The summed E-state index contributed by atoms with van der Waals surface area (Å²) >= 11 is 7.71. The first kappa shape index (κ1) is 27.2. The van der Waals surface area contributed by atoms with E-state index >= 15 is 0 Å². The highest BCUT2D eigenvalue weighted by molar-refractivity contribution is 7.16. The van der Waals surface area contributed by atoms with Gasteiger partial charge in [0.25, 0.3) is 5.91 Å². The molecule has 0 saturated carbocycles. The molecular formula is C32H33ClN2O3S. The number of aliphatic imine (C=N–C) groups is 1. The van der Waals surface area contributed by atoms with E-state index in [4.69, 9.17) is 25.7 Å². The molecule has 1 amide bonds. The van der Waals surface area contributed by atoms with Gasteiger partial charge in [-0.05, 0) is 95.8 Å². The summed E-state index contributed by atoms with van der Waals surface area (Å²) in [6, 6.07) is 19.1. The van der Waals surface area contributed by atoms with Gasteiger partial charge in [0, 0.05) is 16.1 Å². The number of ether oxygens (including phenoxy) is 1. The largest absolute Gasteiger partial charge is 0.489 e. The molecule has 1 aliphatic rings. The summed E-state index contributed by atoms with van der Waals surface area (Å²) < 4.78 is 11.3. The number of rotatable bonds is 8. The predicted molar refractivity (Wildman–Crippen MR) is 159 cm³/mol. The van der Waals surface area contributed by atoms with Crippen LogP contribution in [0.25, 0.3) is 0 Å². The van der Waals surface area contributed by atoms with E-state index in [9.17, 15) is 4.79 Å². The normalized spacial score (nSPS) is 15.3. The van der Waals surface area contributed by atoms with Crippen LogP contribution in [0.1, 0.15) is 64.9 Å². The monoisotopic (exact) mass is 560 g/mol. The quantitative estimate of drug-likeness (QED) is 0.220. The molecule has 2 aromatic carbocycles. The van der Waals surface area contributed by atoms with Crippen LogP contribution in [0, 0.1) is 11.3 Å². The second-order valence-electron chi connectivity index (χ2n) is 11.0. The lowest BCUT2D eigenvalue weighted by molar-refractivity contribution is 0.0947. The van der Waals surface area contributed by atoms with E-state index in [2.05, 4.69) is 26.1 Å². The highest BCUT2D eigenvalue weighted by Crippen LogP contribution is 2.45. The summed E-state index contributed by atoms with van der Waals surface area (Å²) in [7, 11) is 0. The summed E-state index contributed by atoms with van der Waals surface area (Å²) in [5, 5.41) is 4.48. The number of nitrogens with one attached hydrogen (secondary N) is 1. The van der Waals surface area contributed by atoms with Crippen molar-refractivity contribution in [1.82, 2.24) is 5.32 Å². The van der Waals surface area contributed by atoms with Crippen molar-refractivity contribution in [2.45, 2.75) is 53.2 Å². The maximum atomic E-state index is 13.4. The lowest BCUT2D eigenvalue weighted by Crippen LogP contribution is -2.28. The standard InChI is InChI=1S/C32H33ClN2O3S/c1-32(2,3)23-11-14-27-28(17-23)39-31(29(27)30(36)34-19-26-8-5-15-37-26)35-18-21-9-12-25(13-10-21)38-20-22-6-4-7-24(33)16-22/h4-10,12-13,15-16,18,23H,11,14,17,19-20H2,1-3H3,(H,34,36)/t23-/m0/s1. The second kappa shape index (κ2) is 11.8. The Bertz CT molecular complexity index is 1450. The topological polar surface area (TPSA) is 63.8 Å². The minimum atomic E-state index is -0.102. The summed E-state index contributed by atoms with van der Waals surface area (Å²) in [6.07, 6.45) is 6.39. The van der Waals surface area contributed by atoms with Gasteiger partial charge in [0.15, 0.2) is 0 Å². The smallest absolute Gasteiger partial charge is 0.255 e. The van der Waals surface area contributed by atoms with E-state index in [-0.39, 0.29) is 11.3 Å². The number of benzene rings is 2. The van der Waals surface area contributed by atoms with Crippen molar-refractivity contribution in [2.24, 2.45) is 16.3 Å². The molecule has 0 fully saturated rings. The van der Waals surface area contributed by atoms with Crippen LogP contribution in [-0.4, -0.2) is 12.1 Å². The van der Waals surface area contributed by atoms with Crippen LogP contribution in [-0.2, 0) is 26.0 Å². The van der Waals surface area contributed by atoms with Gasteiger partial charge in [-0.1, -0.05) is 44.5 Å². The predicted octanol–water partition coefficient (Wildman–Crippen LogP) is 8.41. The third-order valence-corrected chi connectivity index (χ3v) is 8.60. The van der Waals surface area contributed by atoms with Crippen LogP contribution in [0.4, 0.5) is 5.00 Å². The number of thiophene rings is 1. The third kappa shape index (κ3) is 6.81. The highest BCUT2D eigenvalue weighted by Gasteiger charge is 2.33. The minimum Gasteiger partial charge on any atom is -0.489 e. The Morgan fingerprint density at radius 1 is 1.18 bits per heavy atom. The van der Waals surface area contributed by atoms with Gasteiger partial charge >= 0.3 is 0 Å². The van der Waals surface area contributed by atoms with Crippen LogP contribution in [0.15, 0.2) is 76.3 Å². The zero-order chi connectivity index (χ0) is 27.4. The molecule has 2 aromatic heterocycles. The van der Waals surface area contributed by atoms with Gasteiger partial charge in [-0.3, -0.25) is 4.79 Å². The molecular weight excluding hydrogens is 528 g/mol. The van der Waals surface area contributed by atoms with Gasteiger partial charge in [-0.15, -0.1) is 11.3 Å². The van der Waals surface area contributed by atoms with E-state index in [0.29, 0.717) is 29.7 Å². The van der Waals surface area contributed by atoms with Crippen molar-refractivity contribution in [3.05, 3.63) is 105 Å². The van der Waals surface area contributed by atoms with Crippen LogP contribution >= 0.6 is 22.9 Å². The number of halogens is 1. The van der Waals surface area contributed by atoms with Crippen LogP contribution < -0.4 is 10.1 Å². The van der Waals surface area contributed by atoms with Crippen LogP contribution in [0.3, 0.4) is 0 Å². The first-order chi connectivity index (χ1) is 18.8. The Morgan fingerprint density at radius 3 is 2.72 bits per heavy atom. The van der Waals surface area contributed by atoms with Gasteiger partial charge in [0.05, 0.1) is 18.4 Å². The molecule has 2 heterocycles. The molecule has 39 heavy (non-hydrogen) atoms. The second-order valence-corrected chi connectivity index (χ2v) is 12.5. The van der Waals surface area contributed by atoms with Crippen molar-refractivity contribution >= 4 is 40.1 Å². The Labute approximate surface area is 238 Å². The first-order valence-corrected chi connectivity index (χ1v) is 14.4. The number of hydrogen-bond acceptors (Lipinski definition) is 5. The Hall–Kier alpha value is -3.35. The van der Waals surface area contributed by atoms with E-state index < -0.39 is 0 Å². The molecule has 7 heteroatoms. The fourth-order valence-electron chi connectivity index (χ4n) is 4.88. The lowest BCUT2D eigenvalue weighted by Gasteiger charge is -2.33. The maximum absolute atomic E-state index is 13.4. The Kier molecular flexibility index (Phi) is 8.24. The third-order valence-electron chi connectivity index (χ3n) is 7.21. The molecule has 0 spiro atoms. The molecule has 5 nitrogen and oxygen atoms in total. The van der Waals surface area contributed by atoms with Gasteiger partial charge in [-0.25, -0.2) is 4.99 Å². The number of fused-ring (bicyclic) bond motifs is 1. The molecule has 1 aliphatic carbocycles. The van der Waals surface area contributed by atoms with E-state index in [1.807, 2.05) is 66.9 Å². The number of carbonyl (C=O) groups excluding carboxylic acids is 1. The fraction of sp³-hybridized carbons (Fsp3) is 0.312. The molecule has 1 N–H and O–H groups in total. The molecule has 0 unspecified atom stereocenters.